The van der Waals surface area contributed by atoms with Gasteiger partial charge in [0.2, 0.25) is 0 Å². The van der Waals surface area contributed by atoms with E-state index in [1.807, 2.05) is 43.3 Å². The van der Waals surface area contributed by atoms with Crippen LogP contribution in [-0.2, 0) is 20.8 Å². The number of hydrogen-bond acceptors (Lipinski definition) is 9. The van der Waals surface area contributed by atoms with Crippen LogP contribution >= 0.6 is 23.1 Å². The maximum Gasteiger partial charge on any atom is 0.411 e. The molecule has 2 heterocycles. The van der Waals surface area contributed by atoms with Gasteiger partial charge in [-0.05, 0) is 30.2 Å². The van der Waals surface area contributed by atoms with Gasteiger partial charge in [-0.1, -0.05) is 79.1 Å². The standard InChI is InChI=1S/C26H29N3O5S2/c1-4-13-32-25(31)27-21-11-9-20(10-12-21)24-33-22(15-35-26-29-28-17(3)36-26)16(2)23(34-24)19-7-5-18(14-30)6-8-19/h4-12,16,22-24,30H,1,13-15H2,2-3H3,(H,27,31)/t16-,22+,23+,24+/m0/s1. The molecule has 1 saturated heterocycles. The summed E-state index contributed by atoms with van der Waals surface area (Å²) in [6.07, 6.45) is 0.0668. The minimum absolute atomic E-state index is 0.00482. The molecular formula is C26H29N3O5S2. The molecule has 0 saturated carbocycles. The van der Waals surface area contributed by atoms with Gasteiger partial charge in [-0.3, -0.25) is 5.32 Å². The van der Waals surface area contributed by atoms with Crippen molar-refractivity contribution < 1.29 is 24.1 Å². The van der Waals surface area contributed by atoms with Gasteiger partial charge in [0.05, 0.1) is 18.8 Å². The Morgan fingerprint density at radius 1 is 1.17 bits per heavy atom. The molecule has 190 valence electrons. The first kappa shape index (κ1) is 26.3. The number of nitrogens with one attached hydrogen (secondary N) is 1. The number of thioether (sulfide) groups is 1. The largest absolute Gasteiger partial charge is 0.445 e. The highest BCUT2D eigenvalue weighted by Gasteiger charge is 2.38. The van der Waals surface area contributed by atoms with Crippen molar-refractivity contribution in [3.05, 3.63) is 82.9 Å². The molecule has 2 N–H and O–H groups in total. The summed E-state index contributed by atoms with van der Waals surface area (Å²) >= 11 is 3.20. The number of anilines is 1. The lowest BCUT2D eigenvalue weighted by molar-refractivity contribution is -0.268. The van der Waals surface area contributed by atoms with Gasteiger partial charge in [0.1, 0.15) is 11.6 Å². The van der Waals surface area contributed by atoms with Crippen LogP contribution in [0, 0.1) is 12.8 Å². The molecule has 0 unspecified atom stereocenters. The Kier molecular flexibility index (Phi) is 9.11. The summed E-state index contributed by atoms with van der Waals surface area (Å²) in [5.41, 5.74) is 3.32. The third kappa shape index (κ3) is 6.71. The number of rotatable bonds is 9. The Morgan fingerprint density at radius 3 is 2.53 bits per heavy atom. The van der Waals surface area contributed by atoms with Crippen LogP contribution in [0.4, 0.5) is 10.5 Å². The molecule has 1 fully saturated rings. The lowest BCUT2D eigenvalue weighted by Crippen LogP contribution is -2.38. The van der Waals surface area contributed by atoms with Crippen molar-refractivity contribution in [2.45, 2.75) is 43.3 Å². The van der Waals surface area contributed by atoms with E-state index in [0.717, 1.165) is 26.0 Å². The summed E-state index contributed by atoms with van der Waals surface area (Å²) in [7, 11) is 0. The number of carbonyl (C=O) groups excluding carboxylic acids is 1. The molecule has 3 aromatic rings. The van der Waals surface area contributed by atoms with Crippen LogP contribution < -0.4 is 5.32 Å². The minimum Gasteiger partial charge on any atom is -0.445 e. The fraction of sp³-hybridized carbons (Fsp3) is 0.346. The highest BCUT2D eigenvalue weighted by Crippen LogP contribution is 2.43. The molecule has 8 nitrogen and oxygen atoms in total. The summed E-state index contributed by atoms with van der Waals surface area (Å²) in [5, 5.41) is 21.4. The average molecular weight is 528 g/mol. The van der Waals surface area contributed by atoms with Gasteiger partial charge in [-0.25, -0.2) is 4.79 Å². The molecule has 1 aliphatic heterocycles. The number of amides is 1. The van der Waals surface area contributed by atoms with E-state index in [1.54, 1.807) is 35.2 Å². The fourth-order valence-electron chi connectivity index (χ4n) is 3.81. The first-order valence-electron chi connectivity index (χ1n) is 11.5. The predicted octanol–water partition coefficient (Wildman–Crippen LogP) is 5.66. The smallest absolute Gasteiger partial charge is 0.411 e. The molecule has 1 aromatic heterocycles. The van der Waals surface area contributed by atoms with E-state index >= 15 is 0 Å². The van der Waals surface area contributed by atoms with Crippen molar-refractivity contribution in [3.63, 3.8) is 0 Å². The zero-order chi connectivity index (χ0) is 25.5. The van der Waals surface area contributed by atoms with Crippen molar-refractivity contribution in [2.24, 2.45) is 5.92 Å². The maximum absolute atomic E-state index is 11.8. The summed E-state index contributed by atoms with van der Waals surface area (Å²) in [6, 6.07) is 15.1. The molecule has 0 bridgehead atoms. The van der Waals surface area contributed by atoms with E-state index in [-0.39, 0.29) is 31.3 Å². The number of aliphatic hydroxyl groups excluding tert-OH is 1. The van der Waals surface area contributed by atoms with Crippen molar-refractivity contribution in [3.8, 4) is 0 Å². The molecule has 1 aliphatic rings. The summed E-state index contributed by atoms with van der Waals surface area (Å²) in [5.74, 6) is 0.777. The molecule has 4 rings (SSSR count). The van der Waals surface area contributed by atoms with Crippen molar-refractivity contribution in [2.75, 3.05) is 17.7 Å². The second-order valence-corrected chi connectivity index (χ2v) is 10.8. The first-order valence-corrected chi connectivity index (χ1v) is 13.3. The van der Waals surface area contributed by atoms with Gasteiger partial charge in [0.25, 0.3) is 0 Å². The predicted molar refractivity (Wildman–Crippen MR) is 140 cm³/mol. The Labute approximate surface area is 218 Å². The number of ether oxygens (including phenoxy) is 3. The van der Waals surface area contributed by atoms with Crippen molar-refractivity contribution >= 4 is 34.9 Å². The van der Waals surface area contributed by atoms with Crippen LogP contribution in [0.15, 0.2) is 65.5 Å². The Balaban J connectivity index is 1.52. The molecule has 2 aromatic carbocycles. The van der Waals surface area contributed by atoms with Crippen LogP contribution in [0.3, 0.4) is 0 Å². The van der Waals surface area contributed by atoms with Crippen LogP contribution in [0.5, 0.6) is 0 Å². The van der Waals surface area contributed by atoms with Crippen LogP contribution in [0.2, 0.25) is 0 Å². The monoisotopic (exact) mass is 527 g/mol. The van der Waals surface area contributed by atoms with Crippen LogP contribution in [0.1, 0.15) is 41.0 Å². The first-order chi connectivity index (χ1) is 17.5. The van der Waals surface area contributed by atoms with Gasteiger partial charge >= 0.3 is 6.09 Å². The van der Waals surface area contributed by atoms with E-state index in [9.17, 15) is 9.90 Å². The van der Waals surface area contributed by atoms with Gasteiger partial charge in [0, 0.05) is 22.9 Å². The lowest BCUT2D eigenvalue weighted by atomic mass is 9.91. The topological polar surface area (TPSA) is 103 Å². The number of nitrogens with zero attached hydrogens (tertiary/aromatic N) is 2. The maximum atomic E-state index is 11.8. The highest BCUT2D eigenvalue weighted by atomic mass is 32.2. The van der Waals surface area contributed by atoms with Crippen LogP contribution in [0.25, 0.3) is 0 Å². The highest BCUT2D eigenvalue weighted by molar-refractivity contribution is 8.01. The SMILES string of the molecule is C=CCOC(=O)Nc1ccc([C@@H]2O[C@H](CSc3nnc(C)s3)[C@H](C)[C@H](c3ccc(CO)cc3)O2)cc1. The van der Waals surface area contributed by atoms with E-state index in [1.165, 1.54) is 6.08 Å². The molecule has 1 amide bonds. The Hall–Kier alpha value is -2.76. The molecule has 0 spiro atoms. The number of benzene rings is 2. The second kappa shape index (κ2) is 12.5. The normalized spacial score (nSPS) is 21.6. The van der Waals surface area contributed by atoms with Gasteiger partial charge in [-0.2, -0.15) is 0 Å². The van der Waals surface area contributed by atoms with E-state index < -0.39 is 12.4 Å². The van der Waals surface area contributed by atoms with E-state index in [4.69, 9.17) is 14.2 Å². The van der Waals surface area contributed by atoms with E-state index in [0.29, 0.717) is 11.4 Å². The molecule has 10 heteroatoms. The van der Waals surface area contributed by atoms with Gasteiger partial charge < -0.3 is 19.3 Å². The Bertz CT molecular complexity index is 1150. The zero-order valence-corrected chi connectivity index (χ0v) is 21.8. The summed E-state index contributed by atoms with van der Waals surface area (Å²) < 4.78 is 18.8. The zero-order valence-electron chi connectivity index (χ0n) is 20.1. The second-order valence-electron chi connectivity index (χ2n) is 8.35. The van der Waals surface area contributed by atoms with Gasteiger partial charge in [-0.15, -0.1) is 10.2 Å². The quantitative estimate of drug-likeness (QED) is 0.272. The lowest BCUT2D eigenvalue weighted by Gasteiger charge is -2.41. The molecule has 0 radical (unpaired) electrons. The third-order valence-electron chi connectivity index (χ3n) is 5.76. The number of aryl methyl sites for hydroxylation is 1. The van der Waals surface area contributed by atoms with E-state index in [2.05, 4.69) is 29.0 Å². The third-order valence-corrected chi connectivity index (χ3v) is 7.82. The fourth-order valence-corrected chi connectivity index (χ4v) is 5.82. The molecule has 36 heavy (non-hydrogen) atoms. The minimum atomic E-state index is -0.591. The number of hydrogen-bond donors (Lipinski definition) is 2. The number of aromatic nitrogens is 2. The van der Waals surface area contributed by atoms with Crippen molar-refractivity contribution in [1.29, 1.82) is 0 Å². The molecule has 0 aliphatic carbocycles. The van der Waals surface area contributed by atoms with Crippen LogP contribution in [-0.4, -0.2) is 39.9 Å². The average Bonchev–Trinajstić information content (AvgIpc) is 3.32. The number of aliphatic hydroxyl groups is 1. The van der Waals surface area contributed by atoms with Gasteiger partial charge in [0.15, 0.2) is 10.6 Å². The molecule has 4 atom stereocenters. The summed E-state index contributed by atoms with van der Waals surface area (Å²) in [6.45, 7) is 7.73. The Morgan fingerprint density at radius 2 is 1.89 bits per heavy atom. The summed E-state index contributed by atoms with van der Waals surface area (Å²) in [4.78, 5) is 11.8. The van der Waals surface area contributed by atoms with Crippen molar-refractivity contribution in [1.82, 2.24) is 10.2 Å². The molecular weight excluding hydrogens is 498 g/mol. The number of carbonyl (C=O) groups is 1.